The highest BCUT2D eigenvalue weighted by molar-refractivity contribution is 6.31. The number of nitrogens with zero attached hydrogens (tertiary/aromatic N) is 3. The smallest absolute Gasteiger partial charge is 0.340 e. The van der Waals surface area contributed by atoms with Gasteiger partial charge in [-0.05, 0) is 42.3 Å². The molecule has 4 rings (SSSR count). The number of halogens is 1. The molecule has 0 amide bonds. The van der Waals surface area contributed by atoms with Gasteiger partial charge in [0.1, 0.15) is 0 Å². The molecule has 0 spiro atoms. The van der Waals surface area contributed by atoms with Crippen molar-refractivity contribution in [2.75, 3.05) is 18.6 Å². The second-order valence-corrected chi connectivity index (χ2v) is 6.68. The lowest BCUT2D eigenvalue weighted by Gasteiger charge is -2.21. The van der Waals surface area contributed by atoms with Crippen LogP contribution in [0.15, 0.2) is 36.9 Å². The number of anilines is 2. The van der Waals surface area contributed by atoms with Crippen LogP contribution in [0.4, 0.5) is 11.6 Å². The van der Waals surface area contributed by atoms with Crippen LogP contribution in [0.2, 0.25) is 5.02 Å². The zero-order valence-corrected chi connectivity index (χ0v) is 15.4. The Morgan fingerprint density at radius 3 is 2.88 bits per heavy atom. The van der Waals surface area contributed by atoms with E-state index in [0.29, 0.717) is 10.6 Å². The Labute approximate surface area is 156 Å². The van der Waals surface area contributed by atoms with Crippen molar-refractivity contribution in [2.45, 2.75) is 13.5 Å². The average molecular weight is 368 g/mol. The molecular formula is C20H18ClN3O2. The number of hydrogen-bond acceptors (Lipinski definition) is 4. The fourth-order valence-electron chi connectivity index (χ4n) is 3.66. The summed E-state index contributed by atoms with van der Waals surface area (Å²) in [5.41, 5.74) is 5.17. The van der Waals surface area contributed by atoms with Gasteiger partial charge in [0.15, 0.2) is 0 Å². The number of para-hydroxylation sites is 1. The van der Waals surface area contributed by atoms with Gasteiger partial charge in [0.2, 0.25) is 5.95 Å². The topological polar surface area (TPSA) is 47.4 Å². The van der Waals surface area contributed by atoms with Gasteiger partial charge in [0, 0.05) is 18.1 Å². The highest BCUT2D eigenvalue weighted by Crippen LogP contribution is 2.39. The van der Waals surface area contributed by atoms with E-state index in [1.807, 2.05) is 31.2 Å². The van der Waals surface area contributed by atoms with E-state index in [0.717, 1.165) is 46.9 Å². The SMILES string of the molecule is C=Cc1cc(Cl)cc(C)c1N1CCn2c1nc1cccc(C(=O)OC)c12. The average Bonchev–Trinajstić information content (AvgIpc) is 3.19. The quantitative estimate of drug-likeness (QED) is 0.636. The van der Waals surface area contributed by atoms with Crippen molar-refractivity contribution >= 4 is 46.3 Å². The molecule has 1 aromatic heterocycles. The number of hydrogen-bond donors (Lipinski definition) is 0. The van der Waals surface area contributed by atoms with E-state index < -0.39 is 0 Å². The molecule has 0 atom stereocenters. The first-order chi connectivity index (χ1) is 12.5. The van der Waals surface area contributed by atoms with Crippen LogP contribution >= 0.6 is 11.6 Å². The number of methoxy groups -OCH3 is 1. The molecule has 0 N–H and O–H groups in total. The molecule has 0 radical (unpaired) electrons. The molecule has 6 heteroatoms. The summed E-state index contributed by atoms with van der Waals surface area (Å²) < 4.78 is 7.00. The maximum Gasteiger partial charge on any atom is 0.340 e. The first-order valence-corrected chi connectivity index (χ1v) is 8.70. The molecule has 0 saturated heterocycles. The number of rotatable bonds is 3. The maximum absolute atomic E-state index is 12.2. The van der Waals surface area contributed by atoms with Gasteiger partial charge < -0.3 is 14.2 Å². The summed E-state index contributed by atoms with van der Waals surface area (Å²) >= 11 is 6.21. The van der Waals surface area contributed by atoms with Crippen molar-refractivity contribution in [3.05, 3.63) is 58.6 Å². The minimum absolute atomic E-state index is 0.355. The molecule has 0 bridgehead atoms. The van der Waals surface area contributed by atoms with Crippen LogP contribution in [0.1, 0.15) is 21.5 Å². The first kappa shape index (κ1) is 16.7. The number of aromatic nitrogens is 2. The molecule has 132 valence electrons. The predicted octanol–water partition coefficient (Wildman–Crippen LogP) is 4.58. The van der Waals surface area contributed by atoms with Gasteiger partial charge in [0.25, 0.3) is 0 Å². The number of ether oxygens (including phenoxy) is 1. The van der Waals surface area contributed by atoms with Crippen LogP contribution in [-0.4, -0.2) is 29.2 Å². The standard InChI is InChI=1S/C20H18ClN3O2/c1-4-13-11-14(21)10-12(2)17(13)23-8-9-24-18-15(19(25)26-3)6-5-7-16(18)22-20(23)24/h4-7,10-11H,1,8-9H2,2-3H3. The highest BCUT2D eigenvalue weighted by atomic mass is 35.5. The molecule has 5 nitrogen and oxygen atoms in total. The Kier molecular flexibility index (Phi) is 3.96. The number of benzene rings is 2. The molecule has 2 aromatic carbocycles. The maximum atomic E-state index is 12.2. The largest absolute Gasteiger partial charge is 0.465 e. The molecule has 0 aliphatic carbocycles. The number of carbonyl (C=O) groups excluding carboxylic acids is 1. The Bertz CT molecular complexity index is 1050. The van der Waals surface area contributed by atoms with Crippen molar-refractivity contribution in [1.82, 2.24) is 9.55 Å². The zero-order valence-electron chi connectivity index (χ0n) is 14.6. The number of carbonyl (C=O) groups is 1. The van der Waals surface area contributed by atoms with Crippen LogP contribution < -0.4 is 4.90 Å². The Balaban J connectivity index is 1.93. The third kappa shape index (κ3) is 2.39. The Morgan fingerprint density at radius 1 is 1.35 bits per heavy atom. The van der Waals surface area contributed by atoms with Gasteiger partial charge in [-0.15, -0.1) is 0 Å². The van der Waals surface area contributed by atoms with Gasteiger partial charge in [-0.2, -0.15) is 0 Å². The van der Waals surface area contributed by atoms with E-state index in [1.54, 1.807) is 12.1 Å². The molecule has 3 aromatic rings. The molecular weight excluding hydrogens is 350 g/mol. The molecule has 0 saturated carbocycles. The fourth-order valence-corrected chi connectivity index (χ4v) is 3.94. The van der Waals surface area contributed by atoms with E-state index >= 15 is 0 Å². The predicted molar refractivity (Wildman–Crippen MR) is 104 cm³/mol. The minimum atomic E-state index is -0.355. The van der Waals surface area contributed by atoms with Crippen molar-refractivity contribution < 1.29 is 9.53 Å². The number of aryl methyl sites for hydroxylation is 1. The third-order valence-corrected chi connectivity index (χ3v) is 4.94. The van der Waals surface area contributed by atoms with Gasteiger partial charge in [-0.1, -0.05) is 30.3 Å². The van der Waals surface area contributed by atoms with Crippen molar-refractivity contribution in [3.8, 4) is 0 Å². The summed E-state index contributed by atoms with van der Waals surface area (Å²) in [5.74, 6) is 0.455. The minimum Gasteiger partial charge on any atom is -0.465 e. The molecule has 26 heavy (non-hydrogen) atoms. The highest BCUT2D eigenvalue weighted by Gasteiger charge is 2.29. The van der Waals surface area contributed by atoms with Crippen molar-refractivity contribution in [3.63, 3.8) is 0 Å². The van der Waals surface area contributed by atoms with Gasteiger partial charge >= 0.3 is 5.97 Å². The van der Waals surface area contributed by atoms with Crippen LogP contribution in [0, 0.1) is 6.92 Å². The van der Waals surface area contributed by atoms with Gasteiger partial charge in [-0.3, -0.25) is 0 Å². The summed E-state index contributed by atoms with van der Waals surface area (Å²) in [4.78, 5) is 19.1. The van der Waals surface area contributed by atoms with Crippen molar-refractivity contribution in [2.24, 2.45) is 0 Å². The third-order valence-electron chi connectivity index (χ3n) is 4.73. The molecule has 1 aliphatic heterocycles. The second kappa shape index (κ2) is 6.18. The van der Waals surface area contributed by atoms with E-state index in [1.165, 1.54) is 7.11 Å². The van der Waals surface area contributed by atoms with Crippen LogP contribution in [0.3, 0.4) is 0 Å². The lowest BCUT2D eigenvalue weighted by molar-refractivity contribution is 0.0602. The summed E-state index contributed by atoms with van der Waals surface area (Å²) in [5, 5.41) is 0.682. The van der Waals surface area contributed by atoms with Crippen LogP contribution in [0.5, 0.6) is 0 Å². The van der Waals surface area contributed by atoms with E-state index in [4.69, 9.17) is 21.3 Å². The van der Waals surface area contributed by atoms with Gasteiger partial charge in [0.05, 0.1) is 29.4 Å². The lowest BCUT2D eigenvalue weighted by Crippen LogP contribution is -2.16. The van der Waals surface area contributed by atoms with Crippen LogP contribution in [0.25, 0.3) is 17.1 Å². The summed E-state index contributed by atoms with van der Waals surface area (Å²) in [7, 11) is 1.39. The molecule has 0 fully saturated rings. The normalized spacial score (nSPS) is 13.1. The van der Waals surface area contributed by atoms with Crippen molar-refractivity contribution in [1.29, 1.82) is 0 Å². The summed E-state index contributed by atoms with van der Waals surface area (Å²) in [6.45, 7) is 7.44. The number of imidazole rings is 1. The first-order valence-electron chi connectivity index (χ1n) is 8.33. The number of fused-ring (bicyclic) bond motifs is 3. The van der Waals surface area contributed by atoms with Gasteiger partial charge in [-0.25, -0.2) is 9.78 Å². The Hall–Kier alpha value is -2.79. The monoisotopic (exact) mass is 367 g/mol. The fraction of sp³-hybridized carbons (Fsp3) is 0.200. The van der Waals surface area contributed by atoms with E-state index in [-0.39, 0.29) is 5.97 Å². The van der Waals surface area contributed by atoms with Crippen LogP contribution in [-0.2, 0) is 11.3 Å². The second-order valence-electron chi connectivity index (χ2n) is 6.24. The summed E-state index contributed by atoms with van der Waals surface area (Å²) in [6, 6.07) is 9.35. The lowest BCUT2D eigenvalue weighted by atomic mass is 10.1. The Morgan fingerprint density at radius 2 is 2.15 bits per heavy atom. The molecule has 2 heterocycles. The number of esters is 1. The van der Waals surface area contributed by atoms with E-state index in [9.17, 15) is 4.79 Å². The molecule has 0 unspecified atom stereocenters. The summed E-state index contributed by atoms with van der Waals surface area (Å²) in [6.07, 6.45) is 1.80. The van der Waals surface area contributed by atoms with E-state index in [2.05, 4.69) is 16.0 Å². The zero-order chi connectivity index (χ0) is 18.4. The molecule has 1 aliphatic rings.